The number of nitrogens with zero attached hydrogens (tertiary/aromatic N) is 4. The average Bonchev–Trinajstić information content (AvgIpc) is 2.99. The van der Waals surface area contributed by atoms with E-state index in [0.717, 1.165) is 15.8 Å². The predicted molar refractivity (Wildman–Crippen MR) is 106 cm³/mol. The van der Waals surface area contributed by atoms with E-state index in [1.165, 1.54) is 12.7 Å². The number of hydrogen-bond acceptors (Lipinski definition) is 6. The first kappa shape index (κ1) is 18.5. The van der Waals surface area contributed by atoms with Gasteiger partial charge in [-0.3, -0.25) is 0 Å². The molecule has 26 heavy (non-hydrogen) atoms. The zero-order valence-electron chi connectivity index (χ0n) is 14.3. The third-order valence-corrected chi connectivity index (χ3v) is 5.09. The molecule has 1 N–H and O–H groups in total. The molecule has 0 fully saturated rings. The lowest BCUT2D eigenvalue weighted by Gasteiger charge is -2.04. The van der Waals surface area contributed by atoms with Crippen LogP contribution in [0.3, 0.4) is 0 Å². The van der Waals surface area contributed by atoms with Crippen LogP contribution in [-0.4, -0.2) is 33.3 Å². The number of thioether (sulfide) groups is 1. The fourth-order valence-corrected chi connectivity index (χ4v) is 3.35. The zero-order valence-corrected chi connectivity index (χ0v) is 16.7. The van der Waals surface area contributed by atoms with Crippen LogP contribution in [-0.2, 0) is 5.75 Å². The van der Waals surface area contributed by atoms with E-state index in [9.17, 15) is 5.11 Å². The number of aromatic nitrogens is 3. The number of halogens is 1. The topological polar surface area (TPSA) is 72.5 Å². The average molecular weight is 433 g/mol. The van der Waals surface area contributed by atoms with Crippen molar-refractivity contribution < 1.29 is 9.84 Å². The van der Waals surface area contributed by atoms with Gasteiger partial charge in [0.2, 0.25) is 5.16 Å². The first-order valence-corrected chi connectivity index (χ1v) is 9.55. The molecule has 0 radical (unpaired) electrons. The molecule has 3 rings (SSSR count). The molecule has 0 saturated carbocycles. The summed E-state index contributed by atoms with van der Waals surface area (Å²) >= 11 is 5.00. The molecular weight excluding hydrogens is 416 g/mol. The standard InChI is InChI=1S/C18H17BrN4O2S/c1-12-21-22-18(26-11-13-3-6-15(19)7-4-13)23(12)20-10-14-5-8-17(25-2)16(24)9-14/h3-10,24H,11H2,1-2H3/b20-10-. The normalized spacial score (nSPS) is 11.2. The summed E-state index contributed by atoms with van der Waals surface area (Å²) in [4.78, 5) is 0. The number of rotatable bonds is 6. The number of methoxy groups -OCH3 is 1. The molecule has 8 heteroatoms. The van der Waals surface area contributed by atoms with E-state index in [1.807, 2.05) is 25.1 Å². The number of benzene rings is 2. The molecular formula is C18H17BrN4O2S. The predicted octanol–water partition coefficient (Wildman–Crippen LogP) is 4.24. The number of hydrogen-bond donors (Lipinski definition) is 1. The highest BCUT2D eigenvalue weighted by atomic mass is 79.9. The van der Waals surface area contributed by atoms with Crippen LogP contribution < -0.4 is 4.74 Å². The van der Waals surface area contributed by atoms with Gasteiger partial charge in [0.15, 0.2) is 17.3 Å². The minimum Gasteiger partial charge on any atom is -0.504 e. The van der Waals surface area contributed by atoms with E-state index in [1.54, 1.807) is 34.8 Å². The summed E-state index contributed by atoms with van der Waals surface area (Å²) in [6.45, 7) is 1.85. The van der Waals surface area contributed by atoms with Crippen LogP contribution in [0.25, 0.3) is 0 Å². The lowest BCUT2D eigenvalue weighted by molar-refractivity contribution is 0.373. The second-order valence-electron chi connectivity index (χ2n) is 5.43. The first-order valence-electron chi connectivity index (χ1n) is 7.77. The summed E-state index contributed by atoms with van der Waals surface area (Å²) in [5.41, 5.74) is 1.94. The van der Waals surface area contributed by atoms with Gasteiger partial charge in [0.05, 0.1) is 13.3 Å². The van der Waals surface area contributed by atoms with Gasteiger partial charge in [0.25, 0.3) is 0 Å². The van der Waals surface area contributed by atoms with Gasteiger partial charge in [-0.25, -0.2) is 0 Å². The molecule has 1 aromatic heterocycles. The van der Waals surface area contributed by atoms with E-state index >= 15 is 0 Å². The Balaban J connectivity index is 1.75. The van der Waals surface area contributed by atoms with Crippen molar-refractivity contribution in [2.75, 3.05) is 7.11 Å². The molecule has 0 atom stereocenters. The second kappa shape index (κ2) is 8.37. The summed E-state index contributed by atoms with van der Waals surface area (Å²) in [5.74, 6) is 1.96. The van der Waals surface area contributed by atoms with Gasteiger partial charge < -0.3 is 9.84 Å². The van der Waals surface area contributed by atoms with Crippen LogP contribution in [0.2, 0.25) is 0 Å². The molecule has 2 aromatic carbocycles. The quantitative estimate of drug-likeness (QED) is 0.465. The molecule has 1 heterocycles. The molecule has 0 amide bonds. The van der Waals surface area contributed by atoms with Crippen molar-refractivity contribution in [3.63, 3.8) is 0 Å². The van der Waals surface area contributed by atoms with Crippen LogP contribution >= 0.6 is 27.7 Å². The number of phenolic OH excluding ortho intramolecular Hbond substituents is 1. The monoisotopic (exact) mass is 432 g/mol. The van der Waals surface area contributed by atoms with Gasteiger partial charge in [0.1, 0.15) is 0 Å². The van der Waals surface area contributed by atoms with Crippen LogP contribution in [0, 0.1) is 6.92 Å². The van der Waals surface area contributed by atoms with Crippen LogP contribution in [0.15, 0.2) is 57.2 Å². The van der Waals surface area contributed by atoms with Gasteiger partial charge in [0, 0.05) is 10.2 Å². The van der Waals surface area contributed by atoms with Gasteiger partial charge in [-0.2, -0.15) is 9.78 Å². The second-order valence-corrected chi connectivity index (χ2v) is 7.29. The Morgan fingerprint density at radius 1 is 1.23 bits per heavy atom. The summed E-state index contributed by atoms with van der Waals surface area (Å²) in [6, 6.07) is 13.3. The van der Waals surface area contributed by atoms with Crippen LogP contribution in [0.1, 0.15) is 17.0 Å². The molecule has 6 nitrogen and oxygen atoms in total. The summed E-state index contributed by atoms with van der Waals surface area (Å²) in [5, 5.41) is 23.3. The Hall–Kier alpha value is -2.32. The van der Waals surface area contributed by atoms with Crippen molar-refractivity contribution in [1.82, 2.24) is 14.9 Å². The molecule has 134 valence electrons. The minimum absolute atomic E-state index is 0.0711. The molecule has 0 saturated heterocycles. The Morgan fingerprint density at radius 2 is 2.00 bits per heavy atom. The Labute approximate surface area is 164 Å². The summed E-state index contributed by atoms with van der Waals surface area (Å²) in [6.07, 6.45) is 1.65. The minimum atomic E-state index is 0.0711. The van der Waals surface area contributed by atoms with Gasteiger partial charge in [-0.15, -0.1) is 10.2 Å². The maximum absolute atomic E-state index is 9.86. The van der Waals surface area contributed by atoms with E-state index < -0.39 is 0 Å². The van der Waals surface area contributed by atoms with Gasteiger partial charge >= 0.3 is 0 Å². The highest BCUT2D eigenvalue weighted by molar-refractivity contribution is 9.10. The Bertz CT molecular complexity index is 925. The van der Waals surface area contributed by atoms with Gasteiger partial charge in [-0.05, 0) is 48.4 Å². The fourth-order valence-electron chi connectivity index (χ4n) is 2.20. The zero-order chi connectivity index (χ0) is 18.5. The smallest absolute Gasteiger partial charge is 0.212 e. The molecule has 3 aromatic rings. The number of ether oxygens (including phenoxy) is 1. The lowest BCUT2D eigenvalue weighted by atomic mass is 10.2. The van der Waals surface area contributed by atoms with E-state index in [-0.39, 0.29) is 5.75 Å². The molecule has 0 spiro atoms. The highest BCUT2D eigenvalue weighted by Crippen LogP contribution is 2.26. The largest absolute Gasteiger partial charge is 0.504 e. The number of aromatic hydroxyl groups is 1. The van der Waals surface area contributed by atoms with E-state index in [4.69, 9.17) is 4.74 Å². The number of aryl methyl sites for hydroxylation is 1. The van der Waals surface area contributed by atoms with Crippen LogP contribution in [0.5, 0.6) is 11.5 Å². The molecule has 0 aliphatic carbocycles. The molecule has 0 aliphatic heterocycles. The van der Waals surface area contributed by atoms with E-state index in [2.05, 4.69) is 43.4 Å². The summed E-state index contributed by atoms with van der Waals surface area (Å²) in [7, 11) is 1.51. The Morgan fingerprint density at radius 3 is 2.69 bits per heavy atom. The maximum atomic E-state index is 9.86. The third kappa shape index (κ3) is 4.44. The summed E-state index contributed by atoms with van der Waals surface area (Å²) < 4.78 is 7.78. The number of phenols is 1. The molecule has 0 aliphatic rings. The maximum Gasteiger partial charge on any atom is 0.212 e. The van der Waals surface area contributed by atoms with Crippen molar-refractivity contribution in [1.29, 1.82) is 0 Å². The third-order valence-electron chi connectivity index (χ3n) is 3.57. The van der Waals surface area contributed by atoms with Crippen molar-refractivity contribution in [3.05, 3.63) is 63.9 Å². The molecule has 0 bridgehead atoms. The lowest BCUT2D eigenvalue weighted by Crippen LogP contribution is -1.96. The SMILES string of the molecule is COc1ccc(/C=N\n2c(C)nnc2SCc2ccc(Br)cc2)cc1O. The van der Waals surface area contributed by atoms with E-state index in [0.29, 0.717) is 16.7 Å². The molecule has 0 unspecified atom stereocenters. The highest BCUT2D eigenvalue weighted by Gasteiger charge is 2.09. The van der Waals surface area contributed by atoms with Crippen molar-refractivity contribution >= 4 is 33.9 Å². The fraction of sp³-hybridized carbons (Fsp3) is 0.167. The van der Waals surface area contributed by atoms with Gasteiger partial charge in [-0.1, -0.05) is 39.8 Å². The van der Waals surface area contributed by atoms with Crippen LogP contribution in [0.4, 0.5) is 0 Å². The van der Waals surface area contributed by atoms with Crippen molar-refractivity contribution in [2.45, 2.75) is 17.8 Å². The van der Waals surface area contributed by atoms with Crippen molar-refractivity contribution in [3.8, 4) is 11.5 Å². The first-order chi connectivity index (χ1) is 12.6. The Kier molecular flexibility index (Phi) is 5.95. The van der Waals surface area contributed by atoms with Crippen molar-refractivity contribution in [2.24, 2.45) is 5.10 Å².